The molecule has 0 radical (unpaired) electrons. The number of aromatic nitrogens is 1. The van der Waals surface area contributed by atoms with Gasteiger partial charge in [0.25, 0.3) is 5.91 Å². The van der Waals surface area contributed by atoms with Crippen LogP contribution in [0.25, 0.3) is 0 Å². The maximum Gasteiger partial charge on any atom is 0.320 e. The van der Waals surface area contributed by atoms with Crippen molar-refractivity contribution in [1.29, 1.82) is 0 Å². The highest BCUT2D eigenvalue weighted by Gasteiger charge is 2.48. The molecule has 4 rings (SSSR count). The summed E-state index contributed by atoms with van der Waals surface area (Å²) in [5.74, 6) is -0.227. The lowest BCUT2D eigenvalue weighted by molar-refractivity contribution is -0.115. The number of hydrogen-bond donors (Lipinski definition) is 1. The molecule has 3 amide bonds. The summed E-state index contributed by atoms with van der Waals surface area (Å²) < 4.78 is 0. The first-order chi connectivity index (χ1) is 12.7. The van der Waals surface area contributed by atoms with Crippen molar-refractivity contribution in [2.45, 2.75) is 37.8 Å². The molecule has 0 bridgehead atoms. The fourth-order valence-corrected chi connectivity index (χ4v) is 3.77. The summed E-state index contributed by atoms with van der Waals surface area (Å²) >= 11 is 0. The van der Waals surface area contributed by atoms with Gasteiger partial charge in [-0.25, -0.2) is 4.79 Å². The van der Waals surface area contributed by atoms with E-state index >= 15 is 0 Å². The zero-order chi connectivity index (χ0) is 18.0. The van der Waals surface area contributed by atoms with Gasteiger partial charge < -0.3 is 20.0 Å². The molecule has 138 valence electrons. The van der Waals surface area contributed by atoms with Crippen molar-refractivity contribution in [2.75, 3.05) is 26.2 Å². The maximum atomic E-state index is 12.5. The molecule has 0 saturated carbocycles. The number of nitrogens with one attached hydrogen (secondary N) is 1. The van der Waals surface area contributed by atoms with E-state index < -0.39 is 5.60 Å². The highest BCUT2D eigenvalue weighted by atomic mass is 16.7. The van der Waals surface area contributed by atoms with Gasteiger partial charge in [0.1, 0.15) is 5.71 Å². The first-order valence-corrected chi connectivity index (χ1v) is 9.11. The number of rotatable bonds is 3. The predicted octanol–water partition coefficient (Wildman–Crippen LogP) is 1.13. The average Bonchev–Trinajstić information content (AvgIpc) is 3.42. The van der Waals surface area contributed by atoms with Gasteiger partial charge in [-0.15, -0.1) is 0 Å². The van der Waals surface area contributed by atoms with Gasteiger partial charge in [0.05, 0.1) is 6.54 Å². The second-order valence-electron chi connectivity index (χ2n) is 7.18. The van der Waals surface area contributed by atoms with Crippen LogP contribution in [0.5, 0.6) is 0 Å². The summed E-state index contributed by atoms with van der Waals surface area (Å²) in [5, 5.41) is 6.86. The van der Waals surface area contributed by atoms with E-state index in [0.29, 0.717) is 38.2 Å². The van der Waals surface area contributed by atoms with Crippen molar-refractivity contribution in [3.8, 4) is 0 Å². The van der Waals surface area contributed by atoms with Crippen LogP contribution in [0.2, 0.25) is 0 Å². The van der Waals surface area contributed by atoms with Crippen LogP contribution in [-0.2, 0) is 16.2 Å². The minimum atomic E-state index is -0.545. The van der Waals surface area contributed by atoms with Gasteiger partial charge in [-0.3, -0.25) is 9.78 Å². The molecule has 0 unspecified atom stereocenters. The number of carbonyl (C=O) groups excluding carboxylic acids is 2. The Kier molecular flexibility index (Phi) is 4.48. The summed E-state index contributed by atoms with van der Waals surface area (Å²) in [4.78, 5) is 38.3. The van der Waals surface area contributed by atoms with Crippen LogP contribution in [0.4, 0.5) is 4.79 Å². The first kappa shape index (κ1) is 16.8. The van der Waals surface area contributed by atoms with Crippen molar-refractivity contribution < 1.29 is 14.4 Å². The lowest BCUT2D eigenvalue weighted by Gasteiger charge is -2.25. The van der Waals surface area contributed by atoms with Gasteiger partial charge in [0, 0.05) is 51.4 Å². The maximum absolute atomic E-state index is 12.5. The zero-order valence-electron chi connectivity index (χ0n) is 14.7. The van der Waals surface area contributed by atoms with Crippen molar-refractivity contribution in [3.05, 3.63) is 30.1 Å². The summed E-state index contributed by atoms with van der Waals surface area (Å²) in [6.45, 7) is 3.21. The molecule has 1 N–H and O–H groups in total. The standard InChI is InChI=1S/C18H23N5O3/c24-16(20-12-14-4-3-6-19-11-14)15-10-18(26-21-15)5-9-23(13-18)17(25)22-7-1-2-8-22/h3-4,6,11H,1-2,5,7-10,12-13H2,(H,20,24)/t18-/m1/s1. The molecular weight excluding hydrogens is 334 g/mol. The van der Waals surface area contributed by atoms with Crippen molar-refractivity contribution in [2.24, 2.45) is 5.16 Å². The Morgan fingerprint density at radius 2 is 2.08 bits per heavy atom. The SMILES string of the molecule is O=C(NCc1cccnc1)C1=NO[C@]2(CCN(C(=O)N3CCCC3)C2)C1. The zero-order valence-corrected chi connectivity index (χ0v) is 14.7. The van der Waals surface area contributed by atoms with Crippen molar-refractivity contribution in [3.63, 3.8) is 0 Å². The average molecular weight is 357 g/mol. The third-order valence-corrected chi connectivity index (χ3v) is 5.24. The summed E-state index contributed by atoms with van der Waals surface area (Å²) in [6.07, 6.45) is 6.70. The molecule has 1 aromatic heterocycles. The number of urea groups is 1. The summed E-state index contributed by atoms with van der Waals surface area (Å²) in [7, 11) is 0. The number of carbonyl (C=O) groups is 2. The fraction of sp³-hybridized carbons (Fsp3) is 0.556. The third-order valence-electron chi connectivity index (χ3n) is 5.24. The van der Waals surface area contributed by atoms with Gasteiger partial charge in [0.15, 0.2) is 5.60 Å². The smallest absolute Gasteiger partial charge is 0.320 e. The number of likely N-dealkylation sites (tertiary alicyclic amines) is 2. The molecule has 0 aromatic carbocycles. The Balaban J connectivity index is 1.30. The lowest BCUT2D eigenvalue weighted by atomic mass is 9.96. The van der Waals surface area contributed by atoms with Gasteiger partial charge in [0.2, 0.25) is 0 Å². The molecule has 4 heterocycles. The van der Waals surface area contributed by atoms with Crippen LogP contribution >= 0.6 is 0 Å². The molecular formula is C18H23N5O3. The van der Waals surface area contributed by atoms with E-state index in [2.05, 4.69) is 15.5 Å². The Morgan fingerprint density at radius 1 is 1.23 bits per heavy atom. The minimum Gasteiger partial charge on any atom is -0.386 e. The van der Waals surface area contributed by atoms with Gasteiger partial charge in [-0.1, -0.05) is 11.2 Å². The molecule has 0 aliphatic carbocycles. The second-order valence-corrected chi connectivity index (χ2v) is 7.18. The first-order valence-electron chi connectivity index (χ1n) is 9.11. The fourth-order valence-electron chi connectivity index (χ4n) is 3.77. The topological polar surface area (TPSA) is 87.1 Å². The van der Waals surface area contributed by atoms with Gasteiger partial charge in [-0.2, -0.15) is 0 Å². The number of nitrogens with zero attached hydrogens (tertiary/aromatic N) is 4. The molecule has 2 fully saturated rings. The van der Waals surface area contributed by atoms with Crippen LogP contribution in [0.1, 0.15) is 31.2 Å². The van der Waals surface area contributed by atoms with Crippen molar-refractivity contribution >= 4 is 17.6 Å². The van der Waals surface area contributed by atoms with E-state index in [1.807, 2.05) is 21.9 Å². The summed E-state index contributed by atoms with van der Waals surface area (Å²) in [6, 6.07) is 3.81. The monoisotopic (exact) mass is 357 g/mol. The Bertz CT molecular complexity index is 717. The largest absolute Gasteiger partial charge is 0.386 e. The minimum absolute atomic E-state index is 0.0810. The molecule has 26 heavy (non-hydrogen) atoms. The van der Waals surface area contributed by atoms with E-state index in [9.17, 15) is 9.59 Å². The summed E-state index contributed by atoms with van der Waals surface area (Å²) in [5.41, 5.74) is 0.777. The van der Waals surface area contributed by atoms with Gasteiger partial charge >= 0.3 is 6.03 Å². The molecule has 1 aromatic rings. The van der Waals surface area contributed by atoms with E-state index in [4.69, 9.17) is 4.84 Å². The predicted molar refractivity (Wildman–Crippen MR) is 94.3 cm³/mol. The number of oxime groups is 1. The lowest BCUT2D eigenvalue weighted by Crippen LogP contribution is -2.43. The van der Waals surface area contributed by atoms with E-state index in [1.54, 1.807) is 12.4 Å². The van der Waals surface area contributed by atoms with Crippen LogP contribution in [0.15, 0.2) is 29.7 Å². The number of amides is 3. The molecule has 2 saturated heterocycles. The van der Waals surface area contributed by atoms with Crippen LogP contribution in [0, 0.1) is 0 Å². The second kappa shape index (κ2) is 6.93. The molecule has 3 aliphatic heterocycles. The molecule has 8 nitrogen and oxygen atoms in total. The van der Waals surface area contributed by atoms with E-state index in [-0.39, 0.29) is 11.9 Å². The van der Waals surface area contributed by atoms with E-state index in [0.717, 1.165) is 31.5 Å². The molecule has 3 aliphatic rings. The Labute approximate surface area is 152 Å². The van der Waals surface area contributed by atoms with Crippen molar-refractivity contribution in [1.82, 2.24) is 20.1 Å². The third kappa shape index (κ3) is 3.36. The quantitative estimate of drug-likeness (QED) is 0.879. The number of pyridine rings is 1. The van der Waals surface area contributed by atoms with Crippen LogP contribution in [-0.4, -0.2) is 64.2 Å². The van der Waals surface area contributed by atoms with Crippen LogP contribution in [0.3, 0.4) is 0 Å². The Hall–Kier alpha value is -2.64. The highest BCUT2D eigenvalue weighted by Crippen LogP contribution is 2.34. The molecule has 1 spiro atoms. The number of hydrogen-bond acceptors (Lipinski definition) is 5. The normalized spacial score (nSPS) is 24.7. The molecule has 1 atom stereocenters. The highest BCUT2D eigenvalue weighted by molar-refractivity contribution is 6.39. The molecule has 8 heteroatoms. The van der Waals surface area contributed by atoms with Crippen LogP contribution < -0.4 is 5.32 Å². The Morgan fingerprint density at radius 3 is 2.85 bits per heavy atom. The van der Waals surface area contributed by atoms with Gasteiger partial charge in [-0.05, 0) is 24.5 Å². The van der Waals surface area contributed by atoms with E-state index in [1.165, 1.54) is 0 Å².